The number of rotatable bonds is 2. The fourth-order valence-corrected chi connectivity index (χ4v) is 2.51. The van der Waals surface area contributed by atoms with Crippen molar-refractivity contribution in [2.24, 2.45) is 17.6 Å². The maximum absolute atomic E-state index is 5.76. The van der Waals surface area contributed by atoms with E-state index in [-0.39, 0.29) is 0 Å². The van der Waals surface area contributed by atoms with Gasteiger partial charge in [0.1, 0.15) is 0 Å². The minimum atomic E-state index is 0.631. The van der Waals surface area contributed by atoms with Gasteiger partial charge in [-0.3, -0.25) is 4.90 Å². The Kier molecular flexibility index (Phi) is 3.53. The van der Waals surface area contributed by atoms with E-state index in [9.17, 15) is 0 Å². The Morgan fingerprint density at radius 1 is 1.42 bits per heavy atom. The van der Waals surface area contributed by atoms with Crippen molar-refractivity contribution in [1.82, 2.24) is 4.90 Å². The van der Waals surface area contributed by atoms with Crippen molar-refractivity contribution in [3.63, 3.8) is 0 Å². The van der Waals surface area contributed by atoms with Crippen molar-refractivity contribution in [1.29, 1.82) is 0 Å². The van der Waals surface area contributed by atoms with Gasteiger partial charge in [0, 0.05) is 19.1 Å². The fourth-order valence-electron chi connectivity index (χ4n) is 2.51. The minimum absolute atomic E-state index is 0.631. The molecule has 0 aromatic rings. The first-order chi connectivity index (χ1) is 5.69. The maximum Gasteiger partial charge on any atom is 0.0244 e. The van der Waals surface area contributed by atoms with E-state index in [2.05, 4.69) is 25.7 Å². The topological polar surface area (TPSA) is 29.3 Å². The molecule has 72 valence electrons. The van der Waals surface area contributed by atoms with Gasteiger partial charge >= 0.3 is 0 Å². The van der Waals surface area contributed by atoms with Gasteiger partial charge in [-0.25, -0.2) is 0 Å². The molecule has 0 spiro atoms. The molecule has 12 heavy (non-hydrogen) atoms. The lowest BCUT2D eigenvalue weighted by molar-refractivity contribution is 0.0789. The second kappa shape index (κ2) is 4.24. The standard InChI is InChI=1S/C10H22N2/c1-4-12-7-8(2)5-9(3)10(12)6-11/h8-10H,4-7,11H2,1-3H3. The van der Waals surface area contributed by atoms with Crippen LogP contribution in [0.3, 0.4) is 0 Å². The molecule has 2 nitrogen and oxygen atoms in total. The van der Waals surface area contributed by atoms with E-state index in [0.717, 1.165) is 24.9 Å². The molecule has 1 fully saturated rings. The number of likely N-dealkylation sites (N-methyl/N-ethyl adjacent to an activating group) is 1. The zero-order chi connectivity index (χ0) is 9.14. The summed E-state index contributed by atoms with van der Waals surface area (Å²) >= 11 is 0. The minimum Gasteiger partial charge on any atom is -0.329 e. The van der Waals surface area contributed by atoms with Crippen LogP contribution in [0.4, 0.5) is 0 Å². The van der Waals surface area contributed by atoms with E-state index in [1.807, 2.05) is 0 Å². The van der Waals surface area contributed by atoms with Crippen LogP contribution in [-0.2, 0) is 0 Å². The molecule has 0 amide bonds. The molecule has 1 saturated heterocycles. The molecule has 3 atom stereocenters. The summed E-state index contributed by atoms with van der Waals surface area (Å²) in [6.45, 7) is 10.1. The first kappa shape index (κ1) is 10.0. The molecule has 2 heteroatoms. The summed E-state index contributed by atoms with van der Waals surface area (Å²) < 4.78 is 0. The number of likely N-dealkylation sites (tertiary alicyclic amines) is 1. The lowest BCUT2D eigenvalue weighted by Gasteiger charge is -2.41. The van der Waals surface area contributed by atoms with Crippen LogP contribution in [0.15, 0.2) is 0 Å². The Labute approximate surface area is 76.1 Å². The third-order valence-corrected chi connectivity index (χ3v) is 3.09. The molecule has 0 aromatic carbocycles. The van der Waals surface area contributed by atoms with Crippen LogP contribution in [0.25, 0.3) is 0 Å². The fraction of sp³-hybridized carbons (Fsp3) is 1.00. The van der Waals surface area contributed by atoms with Crippen LogP contribution in [0.1, 0.15) is 27.2 Å². The van der Waals surface area contributed by atoms with Crippen LogP contribution in [0.5, 0.6) is 0 Å². The summed E-state index contributed by atoms with van der Waals surface area (Å²) in [6, 6.07) is 0.631. The lowest BCUT2D eigenvalue weighted by Crippen LogP contribution is -2.50. The molecule has 0 saturated carbocycles. The molecule has 1 aliphatic heterocycles. The first-order valence-electron chi connectivity index (χ1n) is 5.13. The second-order valence-corrected chi connectivity index (χ2v) is 4.21. The Morgan fingerprint density at radius 3 is 2.58 bits per heavy atom. The summed E-state index contributed by atoms with van der Waals surface area (Å²) in [4.78, 5) is 2.53. The molecule has 2 N–H and O–H groups in total. The Hall–Kier alpha value is -0.0800. The predicted molar refractivity (Wildman–Crippen MR) is 53.0 cm³/mol. The average molecular weight is 170 g/mol. The van der Waals surface area contributed by atoms with Crippen LogP contribution >= 0.6 is 0 Å². The quantitative estimate of drug-likeness (QED) is 0.677. The van der Waals surface area contributed by atoms with Gasteiger partial charge in [0.05, 0.1) is 0 Å². The second-order valence-electron chi connectivity index (χ2n) is 4.21. The summed E-state index contributed by atoms with van der Waals surface area (Å²) in [5.74, 6) is 1.63. The highest BCUT2D eigenvalue weighted by Gasteiger charge is 2.29. The predicted octanol–water partition coefficient (Wildman–Crippen LogP) is 1.31. The zero-order valence-electron chi connectivity index (χ0n) is 8.59. The van der Waals surface area contributed by atoms with Gasteiger partial charge in [0.2, 0.25) is 0 Å². The van der Waals surface area contributed by atoms with Crippen LogP contribution in [0, 0.1) is 11.8 Å². The van der Waals surface area contributed by atoms with Gasteiger partial charge < -0.3 is 5.73 Å². The van der Waals surface area contributed by atoms with Crippen molar-refractivity contribution < 1.29 is 0 Å². The molecular formula is C10H22N2. The highest BCUT2D eigenvalue weighted by molar-refractivity contribution is 4.84. The molecule has 1 heterocycles. The van der Waals surface area contributed by atoms with Crippen molar-refractivity contribution in [2.45, 2.75) is 33.2 Å². The number of piperidine rings is 1. The molecule has 1 rings (SSSR count). The van der Waals surface area contributed by atoms with Crippen molar-refractivity contribution in [3.05, 3.63) is 0 Å². The molecule has 3 unspecified atom stereocenters. The normalized spacial score (nSPS) is 38.5. The molecule has 0 aliphatic carbocycles. The summed E-state index contributed by atoms with van der Waals surface area (Å²) in [5.41, 5.74) is 5.76. The largest absolute Gasteiger partial charge is 0.329 e. The summed E-state index contributed by atoms with van der Waals surface area (Å²) in [7, 11) is 0. The third-order valence-electron chi connectivity index (χ3n) is 3.09. The van der Waals surface area contributed by atoms with E-state index in [1.165, 1.54) is 13.0 Å². The molecule has 0 aromatic heterocycles. The molecule has 0 bridgehead atoms. The van der Waals surface area contributed by atoms with E-state index < -0.39 is 0 Å². The molecule has 0 radical (unpaired) electrons. The molecular weight excluding hydrogens is 148 g/mol. The zero-order valence-corrected chi connectivity index (χ0v) is 8.59. The SMILES string of the molecule is CCN1CC(C)CC(C)C1CN. The number of nitrogens with two attached hydrogens (primary N) is 1. The van der Waals surface area contributed by atoms with Gasteiger partial charge in [0.25, 0.3) is 0 Å². The monoisotopic (exact) mass is 170 g/mol. The molecule has 1 aliphatic rings. The van der Waals surface area contributed by atoms with E-state index >= 15 is 0 Å². The van der Waals surface area contributed by atoms with E-state index in [4.69, 9.17) is 5.73 Å². The summed E-state index contributed by atoms with van der Waals surface area (Å²) in [6.07, 6.45) is 1.35. The van der Waals surface area contributed by atoms with Gasteiger partial charge in [-0.05, 0) is 24.8 Å². The third kappa shape index (κ3) is 1.99. The Bertz CT molecular complexity index is 136. The average Bonchev–Trinajstić information content (AvgIpc) is 2.03. The van der Waals surface area contributed by atoms with Crippen molar-refractivity contribution >= 4 is 0 Å². The maximum atomic E-state index is 5.76. The van der Waals surface area contributed by atoms with E-state index in [0.29, 0.717) is 6.04 Å². The number of nitrogens with zero attached hydrogens (tertiary/aromatic N) is 1. The van der Waals surface area contributed by atoms with Crippen LogP contribution in [0.2, 0.25) is 0 Å². The van der Waals surface area contributed by atoms with Gasteiger partial charge in [-0.2, -0.15) is 0 Å². The van der Waals surface area contributed by atoms with Crippen LogP contribution in [-0.4, -0.2) is 30.6 Å². The van der Waals surface area contributed by atoms with Crippen LogP contribution < -0.4 is 5.73 Å². The smallest absolute Gasteiger partial charge is 0.0244 e. The van der Waals surface area contributed by atoms with Gasteiger partial charge in [0.15, 0.2) is 0 Å². The lowest BCUT2D eigenvalue weighted by atomic mass is 9.85. The first-order valence-corrected chi connectivity index (χ1v) is 5.13. The van der Waals surface area contributed by atoms with Gasteiger partial charge in [-0.15, -0.1) is 0 Å². The number of hydrogen-bond acceptors (Lipinski definition) is 2. The van der Waals surface area contributed by atoms with Crippen molar-refractivity contribution in [2.75, 3.05) is 19.6 Å². The van der Waals surface area contributed by atoms with E-state index in [1.54, 1.807) is 0 Å². The van der Waals surface area contributed by atoms with Crippen molar-refractivity contribution in [3.8, 4) is 0 Å². The Morgan fingerprint density at radius 2 is 2.08 bits per heavy atom. The summed E-state index contributed by atoms with van der Waals surface area (Å²) in [5, 5.41) is 0. The Balaban J connectivity index is 2.56. The highest BCUT2D eigenvalue weighted by Crippen LogP contribution is 2.25. The highest BCUT2D eigenvalue weighted by atomic mass is 15.2. The number of hydrogen-bond donors (Lipinski definition) is 1. The van der Waals surface area contributed by atoms with Gasteiger partial charge in [-0.1, -0.05) is 20.8 Å².